The molecule has 1 saturated heterocycles. The predicted octanol–water partition coefficient (Wildman–Crippen LogP) is 4.91. The Balaban J connectivity index is 1.37. The molecule has 0 aromatic heterocycles. The Morgan fingerprint density at radius 3 is 1.32 bits per heavy atom. The second-order valence-corrected chi connectivity index (χ2v) is 16.0. The summed E-state index contributed by atoms with van der Waals surface area (Å²) in [6.07, 6.45) is 7.49. The molecule has 1 aliphatic rings. The number of nitrogens with one attached hydrogen (secondary N) is 4. The van der Waals surface area contributed by atoms with Crippen molar-refractivity contribution >= 4 is 58.6 Å². The molecule has 1 fully saturated rings. The van der Waals surface area contributed by atoms with Crippen molar-refractivity contribution in [2.45, 2.75) is 95.8 Å². The number of aliphatic hydroxyl groups is 1. The maximum atomic E-state index is 13.3. The van der Waals surface area contributed by atoms with Gasteiger partial charge in [-0.25, -0.2) is 4.84 Å². The number of alkyl halides is 2. The van der Waals surface area contributed by atoms with Crippen LogP contribution < -0.4 is 21.3 Å². The summed E-state index contributed by atoms with van der Waals surface area (Å²) in [4.78, 5) is 81.0. The first-order valence-corrected chi connectivity index (χ1v) is 23.7. The summed E-state index contributed by atoms with van der Waals surface area (Å²) in [7, 11) is 0. The molecule has 5 N–H and O–H groups in total. The number of imide groups is 1. The van der Waals surface area contributed by atoms with E-state index in [4.69, 9.17) is 47.0 Å². The van der Waals surface area contributed by atoms with Gasteiger partial charge in [-0.2, -0.15) is 5.06 Å². The van der Waals surface area contributed by atoms with Crippen molar-refractivity contribution in [3.05, 3.63) is 70.8 Å². The van der Waals surface area contributed by atoms with Crippen LogP contribution in [0.5, 0.6) is 0 Å². The Hall–Kier alpha value is -4.20. The zero-order chi connectivity index (χ0) is 46.9. The van der Waals surface area contributed by atoms with Gasteiger partial charge in [0.15, 0.2) is 0 Å². The third kappa shape index (κ3) is 23.2. The highest BCUT2D eigenvalue weighted by atomic mass is 35.5. The second-order valence-electron chi connectivity index (χ2n) is 15.2. The van der Waals surface area contributed by atoms with E-state index in [0.29, 0.717) is 106 Å². The van der Waals surface area contributed by atoms with Crippen LogP contribution in [0.25, 0.3) is 0 Å². The van der Waals surface area contributed by atoms with Crippen molar-refractivity contribution < 1.29 is 57.7 Å². The summed E-state index contributed by atoms with van der Waals surface area (Å²) < 4.78 is 22.1. The molecule has 0 spiro atoms. The minimum absolute atomic E-state index is 0.0559. The first kappa shape index (κ1) is 55.1. The fraction of sp³-hybridized carbons (Fsp3) is 0.609. The number of carbonyl (C=O) groups excluding carboxylic acids is 6. The number of aliphatic hydroxyl groups excluding tert-OH is 1. The van der Waals surface area contributed by atoms with Crippen LogP contribution in [0.1, 0.15) is 125 Å². The number of unbranched alkanes of at least 4 members (excludes halogenated alkanes) is 7. The van der Waals surface area contributed by atoms with Gasteiger partial charge in [0.2, 0.25) is 6.29 Å². The summed E-state index contributed by atoms with van der Waals surface area (Å²) in [5, 5.41) is 22.5. The number of carbonyl (C=O) groups is 6. The summed E-state index contributed by atoms with van der Waals surface area (Å²) in [6, 6.07) is 11.1. The molecule has 2 aromatic rings. The summed E-state index contributed by atoms with van der Waals surface area (Å²) in [5.74, 6) is -1.43. The molecule has 0 radical (unpaired) electrons. The minimum atomic E-state index is -1.75. The maximum Gasteiger partial charge on any atom is 0.254 e. The van der Waals surface area contributed by atoms with Gasteiger partial charge in [0, 0.05) is 79.7 Å². The molecule has 2 aromatic carbocycles. The van der Waals surface area contributed by atoms with E-state index in [-0.39, 0.29) is 55.6 Å². The highest BCUT2D eigenvalue weighted by Gasteiger charge is 2.35. The summed E-state index contributed by atoms with van der Waals surface area (Å²) in [6.45, 7) is 4.65. The van der Waals surface area contributed by atoms with Gasteiger partial charge >= 0.3 is 0 Å². The molecular formula is C46H67Cl2N5O12. The molecule has 362 valence electrons. The first-order chi connectivity index (χ1) is 31.6. The Kier molecular flexibility index (Phi) is 29.0. The van der Waals surface area contributed by atoms with Gasteiger partial charge in [-0.15, -0.1) is 23.2 Å². The molecule has 2 unspecified atom stereocenters. The van der Waals surface area contributed by atoms with Crippen LogP contribution >= 0.6 is 23.2 Å². The molecule has 19 heteroatoms. The average Bonchev–Trinajstić information content (AvgIpc) is 3.63. The molecule has 0 bridgehead atoms. The molecule has 0 saturated carbocycles. The highest BCUT2D eigenvalue weighted by Crippen LogP contribution is 2.17. The molecular weight excluding hydrogens is 885 g/mol. The van der Waals surface area contributed by atoms with E-state index < -0.39 is 30.1 Å². The van der Waals surface area contributed by atoms with Gasteiger partial charge in [0.25, 0.3) is 35.4 Å². The number of hydrogen-bond acceptors (Lipinski definition) is 12. The van der Waals surface area contributed by atoms with Crippen LogP contribution in [-0.4, -0.2) is 142 Å². The van der Waals surface area contributed by atoms with E-state index in [1.807, 2.05) is 0 Å². The molecule has 6 amide bonds. The Morgan fingerprint density at radius 2 is 0.892 bits per heavy atom. The van der Waals surface area contributed by atoms with Gasteiger partial charge in [0.1, 0.15) is 0 Å². The van der Waals surface area contributed by atoms with Crippen LogP contribution in [0.15, 0.2) is 48.5 Å². The molecule has 0 aliphatic carbocycles. The zero-order valence-corrected chi connectivity index (χ0v) is 38.8. The predicted molar refractivity (Wildman–Crippen MR) is 245 cm³/mol. The SMILES string of the molecule is O=C(NCCCCC(NC(=O)c1ccc(C(=O)NCCOCCOCCCCCCCl)cc1)C(O)ON1C(=O)CCC1=O)c1ccc(C(=O)NCCOCCOCCCCCCCl)cc1. The lowest BCUT2D eigenvalue weighted by molar-refractivity contribution is -0.251. The third-order valence-corrected chi connectivity index (χ3v) is 10.6. The van der Waals surface area contributed by atoms with E-state index in [1.165, 1.54) is 24.3 Å². The van der Waals surface area contributed by atoms with Crippen LogP contribution in [0, 0.1) is 0 Å². The quantitative estimate of drug-likeness (QED) is 0.0264. The maximum absolute atomic E-state index is 13.3. The Morgan fingerprint density at radius 1 is 0.508 bits per heavy atom. The van der Waals surface area contributed by atoms with Crippen LogP contribution in [-0.2, 0) is 33.4 Å². The van der Waals surface area contributed by atoms with Gasteiger partial charge < -0.3 is 45.3 Å². The lowest BCUT2D eigenvalue weighted by Crippen LogP contribution is -2.48. The lowest BCUT2D eigenvalue weighted by atomic mass is 10.1. The normalized spacial score (nSPS) is 13.4. The smallest absolute Gasteiger partial charge is 0.254 e. The minimum Gasteiger partial charge on any atom is -0.379 e. The standard InChI is InChI=1S/C46H67Cl2N5O12/c47-22-6-1-3-9-27-61-31-33-63-29-25-50-43(57)36-14-12-35(13-15-36)42(56)49-24-8-5-11-39(46(60)65-53-40(54)20-21-41(53)55)52-45(59)38-18-16-37(17-19-38)44(58)51-26-30-64-34-32-62-28-10-4-2-7-23-48/h12-19,39,46,60H,1-11,20-34H2,(H,49,56)(H,50,57)(H,51,58)(H,52,59). The molecule has 1 aliphatic heterocycles. The van der Waals surface area contributed by atoms with Crippen molar-refractivity contribution in [2.75, 3.05) is 84.2 Å². The average molecular weight is 953 g/mol. The zero-order valence-electron chi connectivity index (χ0n) is 37.3. The molecule has 65 heavy (non-hydrogen) atoms. The first-order valence-electron chi connectivity index (χ1n) is 22.6. The van der Waals surface area contributed by atoms with Crippen LogP contribution in [0.3, 0.4) is 0 Å². The third-order valence-electron chi connectivity index (χ3n) is 10.1. The number of halogens is 2. The topological polar surface area (TPSA) is 220 Å². The van der Waals surface area contributed by atoms with Gasteiger partial charge in [-0.05, 0) is 93.5 Å². The summed E-state index contributed by atoms with van der Waals surface area (Å²) in [5.41, 5.74) is 1.26. The number of benzene rings is 2. The second kappa shape index (κ2) is 34.2. The van der Waals surface area contributed by atoms with Crippen molar-refractivity contribution in [1.29, 1.82) is 0 Å². The van der Waals surface area contributed by atoms with E-state index in [0.717, 1.165) is 51.4 Å². The van der Waals surface area contributed by atoms with Crippen LogP contribution in [0.2, 0.25) is 0 Å². The summed E-state index contributed by atoms with van der Waals surface area (Å²) >= 11 is 11.4. The number of hydroxylamine groups is 2. The fourth-order valence-electron chi connectivity index (χ4n) is 6.36. The number of amides is 6. The lowest BCUT2D eigenvalue weighted by Gasteiger charge is -2.26. The van der Waals surface area contributed by atoms with Crippen LogP contribution in [0.4, 0.5) is 0 Å². The largest absolute Gasteiger partial charge is 0.379 e. The van der Waals surface area contributed by atoms with E-state index >= 15 is 0 Å². The highest BCUT2D eigenvalue weighted by molar-refractivity contribution is 6.18. The fourth-order valence-corrected chi connectivity index (χ4v) is 6.74. The monoisotopic (exact) mass is 951 g/mol. The van der Waals surface area contributed by atoms with Crippen molar-refractivity contribution in [2.24, 2.45) is 0 Å². The van der Waals surface area contributed by atoms with E-state index in [9.17, 15) is 33.9 Å². The Bertz CT molecular complexity index is 1690. The van der Waals surface area contributed by atoms with Gasteiger partial charge in [0.05, 0.1) is 45.7 Å². The number of rotatable bonds is 37. The van der Waals surface area contributed by atoms with Gasteiger partial charge in [-0.3, -0.25) is 28.8 Å². The van der Waals surface area contributed by atoms with Gasteiger partial charge in [-0.1, -0.05) is 25.7 Å². The van der Waals surface area contributed by atoms with Crippen molar-refractivity contribution in [1.82, 2.24) is 26.3 Å². The molecule has 17 nitrogen and oxygen atoms in total. The van der Waals surface area contributed by atoms with Crippen molar-refractivity contribution in [3.63, 3.8) is 0 Å². The molecule has 1 heterocycles. The number of hydrogen-bond donors (Lipinski definition) is 5. The number of nitrogens with zero attached hydrogens (tertiary/aromatic N) is 1. The molecule has 2 atom stereocenters. The Labute approximate surface area is 392 Å². The van der Waals surface area contributed by atoms with E-state index in [1.54, 1.807) is 24.3 Å². The van der Waals surface area contributed by atoms with Crippen molar-refractivity contribution in [3.8, 4) is 0 Å². The number of ether oxygens (including phenoxy) is 4. The van der Waals surface area contributed by atoms with E-state index in [2.05, 4.69) is 21.3 Å². The molecule has 3 rings (SSSR count).